The number of halogens is 2. The standard InChI is InChI=1S/C16H13F2N3O2/c17-16(18)23-14-7-5-13(6-8-14)21-15(22)10-20-12-3-1-11(9-19)2-4-12/h1-8,16,20H,10H2,(H,21,22). The molecule has 23 heavy (non-hydrogen) atoms. The molecule has 118 valence electrons. The number of amides is 1. The Morgan fingerprint density at radius 2 is 1.70 bits per heavy atom. The number of nitriles is 1. The minimum absolute atomic E-state index is 0.0220. The van der Waals surface area contributed by atoms with Gasteiger partial charge < -0.3 is 15.4 Å². The van der Waals surface area contributed by atoms with E-state index in [4.69, 9.17) is 5.26 Å². The number of rotatable bonds is 6. The zero-order valence-electron chi connectivity index (χ0n) is 11.9. The first-order valence-corrected chi connectivity index (χ1v) is 6.65. The Kier molecular flexibility index (Phi) is 5.47. The van der Waals surface area contributed by atoms with Crippen molar-refractivity contribution in [1.82, 2.24) is 0 Å². The molecule has 0 heterocycles. The van der Waals surface area contributed by atoms with Crippen molar-refractivity contribution in [3.63, 3.8) is 0 Å². The molecule has 2 aromatic rings. The Morgan fingerprint density at radius 1 is 1.09 bits per heavy atom. The molecular formula is C16H13F2N3O2. The molecule has 0 unspecified atom stereocenters. The summed E-state index contributed by atoms with van der Waals surface area (Å²) in [5.41, 5.74) is 1.71. The smallest absolute Gasteiger partial charge is 0.387 e. The number of alkyl halides is 2. The van der Waals surface area contributed by atoms with E-state index < -0.39 is 6.61 Å². The number of nitrogens with zero attached hydrogens (tertiary/aromatic N) is 1. The third kappa shape index (κ3) is 5.28. The van der Waals surface area contributed by atoms with Crippen LogP contribution in [0.1, 0.15) is 5.56 Å². The summed E-state index contributed by atoms with van der Waals surface area (Å²) in [7, 11) is 0. The fourth-order valence-corrected chi connectivity index (χ4v) is 1.77. The van der Waals surface area contributed by atoms with E-state index in [1.807, 2.05) is 6.07 Å². The number of hydrogen-bond acceptors (Lipinski definition) is 4. The largest absolute Gasteiger partial charge is 0.435 e. The van der Waals surface area contributed by atoms with Gasteiger partial charge in [-0.25, -0.2) is 0 Å². The Balaban J connectivity index is 1.83. The molecule has 0 aromatic heterocycles. The lowest BCUT2D eigenvalue weighted by Gasteiger charge is -2.09. The maximum absolute atomic E-state index is 12.0. The molecule has 0 saturated heterocycles. The van der Waals surface area contributed by atoms with Crippen molar-refractivity contribution < 1.29 is 18.3 Å². The molecule has 2 aromatic carbocycles. The minimum atomic E-state index is -2.88. The van der Waals surface area contributed by atoms with Gasteiger partial charge in [0.15, 0.2) is 0 Å². The van der Waals surface area contributed by atoms with Crippen LogP contribution < -0.4 is 15.4 Å². The van der Waals surface area contributed by atoms with Gasteiger partial charge in [-0.2, -0.15) is 14.0 Å². The van der Waals surface area contributed by atoms with Crippen LogP contribution in [-0.4, -0.2) is 19.1 Å². The van der Waals surface area contributed by atoms with Crippen LogP contribution in [0.5, 0.6) is 5.75 Å². The van der Waals surface area contributed by atoms with Gasteiger partial charge >= 0.3 is 6.61 Å². The van der Waals surface area contributed by atoms with Crippen LogP contribution in [-0.2, 0) is 4.79 Å². The second kappa shape index (κ2) is 7.75. The first-order valence-electron chi connectivity index (χ1n) is 6.65. The number of carbonyl (C=O) groups excluding carboxylic acids is 1. The van der Waals surface area contributed by atoms with Crippen LogP contribution in [0.15, 0.2) is 48.5 Å². The molecule has 0 radical (unpaired) electrons. The van der Waals surface area contributed by atoms with Crippen molar-refractivity contribution in [2.45, 2.75) is 6.61 Å². The van der Waals surface area contributed by atoms with E-state index in [2.05, 4.69) is 15.4 Å². The first kappa shape index (κ1) is 16.2. The summed E-state index contributed by atoms with van der Waals surface area (Å²) in [5, 5.41) is 14.2. The molecular weight excluding hydrogens is 304 g/mol. The molecule has 0 saturated carbocycles. The lowest BCUT2D eigenvalue weighted by Crippen LogP contribution is -2.21. The summed E-state index contributed by atoms with van der Waals surface area (Å²) < 4.78 is 28.3. The molecule has 0 spiro atoms. The van der Waals surface area contributed by atoms with Crippen LogP contribution in [0.3, 0.4) is 0 Å². The molecule has 0 bridgehead atoms. The van der Waals surface area contributed by atoms with Crippen LogP contribution in [0.25, 0.3) is 0 Å². The van der Waals surface area contributed by atoms with E-state index in [1.54, 1.807) is 24.3 Å². The topological polar surface area (TPSA) is 74.2 Å². The second-order valence-electron chi connectivity index (χ2n) is 4.49. The number of ether oxygens (including phenoxy) is 1. The molecule has 0 atom stereocenters. The Bertz CT molecular complexity index is 695. The van der Waals surface area contributed by atoms with E-state index >= 15 is 0 Å². The first-order chi connectivity index (χ1) is 11.1. The van der Waals surface area contributed by atoms with E-state index in [1.165, 1.54) is 24.3 Å². The van der Waals surface area contributed by atoms with Crippen molar-refractivity contribution in [1.29, 1.82) is 5.26 Å². The predicted octanol–water partition coefficient (Wildman–Crippen LogP) is 3.21. The summed E-state index contributed by atoms with van der Waals surface area (Å²) in [6.07, 6.45) is 0. The highest BCUT2D eigenvalue weighted by Gasteiger charge is 2.05. The second-order valence-corrected chi connectivity index (χ2v) is 4.49. The zero-order chi connectivity index (χ0) is 16.7. The SMILES string of the molecule is N#Cc1ccc(NCC(=O)Nc2ccc(OC(F)F)cc2)cc1. The third-order valence-electron chi connectivity index (χ3n) is 2.83. The highest BCUT2D eigenvalue weighted by molar-refractivity contribution is 5.93. The van der Waals surface area contributed by atoms with Crippen LogP contribution >= 0.6 is 0 Å². The zero-order valence-corrected chi connectivity index (χ0v) is 11.9. The molecule has 5 nitrogen and oxygen atoms in total. The molecule has 1 amide bonds. The highest BCUT2D eigenvalue weighted by atomic mass is 19.3. The van der Waals surface area contributed by atoms with Crippen LogP contribution in [0.2, 0.25) is 0 Å². The van der Waals surface area contributed by atoms with Crippen molar-refractivity contribution in [2.24, 2.45) is 0 Å². The van der Waals surface area contributed by atoms with Crippen molar-refractivity contribution in [3.8, 4) is 11.8 Å². The third-order valence-corrected chi connectivity index (χ3v) is 2.83. The molecule has 0 fully saturated rings. The van der Waals surface area contributed by atoms with E-state index in [9.17, 15) is 13.6 Å². The molecule has 0 aliphatic rings. The molecule has 0 aliphatic carbocycles. The minimum Gasteiger partial charge on any atom is -0.435 e. The Labute approximate surface area is 131 Å². The molecule has 0 aliphatic heterocycles. The van der Waals surface area contributed by atoms with Gasteiger partial charge in [0.05, 0.1) is 18.2 Å². The van der Waals surface area contributed by atoms with E-state index in [0.717, 1.165) is 0 Å². The summed E-state index contributed by atoms with van der Waals surface area (Å²) in [6.45, 7) is -2.85. The normalized spacial score (nSPS) is 10.0. The highest BCUT2D eigenvalue weighted by Crippen LogP contribution is 2.17. The van der Waals surface area contributed by atoms with Crippen molar-refractivity contribution in [2.75, 3.05) is 17.2 Å². The maximum atomic E-state index is 12.0. The summed E-state index contributed by atoms with van der Waals surface area (Å²) >= 11 is 0. The number of anilines is 2. The number of hydrogen-bond donors (Lipinski definition) is 2. The Morgan fingerprint density at radius 3 is 2.26 bits per heavy atom. The summed E-state index contributed by atoms with van der Waals surface area (Å²) in [4.78, 5) is 11.8. The fourth-order valence-electron chi connectivity index (χ4n) is 1.77. The van der Waals surface area contributed by atoms with Gasteiger partial charge in [0.25, 0.3) is 0 Å². The number of carbonyl (C=O) groups is 1. The van der Waals surface area contributed by atoms with Gasteiger partial charge in [-0.05, 0) is 48.5 Å². The number of benzene rings is 2. The quantitative estimate of drug-likeness (QED) is 0.858. The van der Waals surface area contributed by atoms with Gasteiger partial charge in [-0.15, -0.1) is 0 Å². The molecule has 2 N–H and O–H groups in total. The van der Waals surface area contributed by atoms with Gasteiger partial charge in [0, 0.05) is 11.4 Å². The fraction of sp³-hybridized carbons (Fsp3) is 0.125. The lowest BCUT2D eigenvalue weighted by molar-refractivity contribution is -0.114. The average molecular weight is 317 g/mol. The van der Waals surface area contributed by atoms with E-state index in [0.29, 0.717) is 16.9 Å². The molecule has 7 heteroatoms. The average Bonchev–Trinajstić information content (AvgIpc) is 2.55. The Hall–Kier alpha value is -3.14. The maximum Gasteiger partial charge on any atom is 0.387 e. The van der Waals surface area contributed by atoms with Gasteiger partial charge in [0.1, 0.15) is 5.75 Å². The summed E-state index contributed by atoms with van der Waals surface area (Å²) in [6, 6.07) is 14.3. The van der Waals surface area contributed by atoms with Gasteiger partial charge in [-0.1, -0.05) is 0 Å². The summed E-state index contributed by atoms with van der Waals surface area (Å²) in [5.74, 6) is -0.273. The van der Waals surface area contributed by atoms with Crippen LogP contribution in [0.4, 0.5) is 20.2 Å². The predicted molar refractivity (Wildman–Crippen MR) is 81.4 cm³/mol. The van der Waals surface area contributed by atoms with Gasteiger partial charge in [-0.3, -0.25) is 4.79 Å². The number of nitrogens with one attached hydrogen (secondary N) is 2. The van der Waals surface area contributed by atoms with Crippen LogP contribution in [0, 0.1) is 11.3 Å². The van der Waals surface area contributed by atoms with Gasteiger partial charge in [0.2, 0.25) is 5.91 Å². The van der Waals surface area contributed by atoms with E-state index in [-0.39, 0.29) is 18.2 Å². The molecule has 2 rings (SSSR count). The lowest BCUT2D eigenvalue weighted by atomic mass is 10.2. The van der Waals surface area contributed by atoms with Crippen molar-refractivity contribution in [3.05, 3.63) is 54.1 Å². The monoisotopic (exact) mass is 317 g/mol. The van der Waals surface area contributed by atoms with Crippen molar-refractivity contribution >= 4 is 17.3 Å².